The summed E-state index contributed by atoms with van der Waals surface area (Å²) < 4.78 is 0. The summed E-state index contributed by atoms with van der Waals surface area (Å²) in [5.41, 5.74) is -0.110. The van der Waals surface area contributed by atoms with E-state index < -0.39 is 11.0 Å². The summed E-state index contributed by atoms with van der Waals surface area (Å²) in [5, 5.41) is 3.44. The van der Waals surface area contributed by atoms with E-state index in [9.17, 15) is 9.59 Å². The van der Waals surface area contributed by atoms with Crippen molar-refractivity contribution in [1.82, 2.24) is 9.80 Å². The monoisotopic (exact) mass is 331 g/mol. The van der Waals surface area contributed by atoms with E-state index in [4.69, 9.17) is 0 Å². The van der Waals surface area contributed by atoms with Gasteiger partial charge in [-0.1, -0.05) is 39.0 Å². The topological polar surface area (TPSA) is 52.7 Å². The quantitative estimate of drug-likeness (QED) is 0.926. The van der Waals surface area contributed by atoms with Gasteiger partial charge in [0.15, 0.2) is 0 Å². The second-order valence-electron chi connectivity index (χ2n) is 7.81. The third-order valence-corrected chi connectivity index (χ3v) is 4.52. The molecule has 2 rings (SSSR count). The number of likely N-dealkylation sites (tertiary alicyclic amines) is 1. The number of carbonyl (C=O) groups is 2. The number of nitrogens with zero attached hydrogens (tertiary/aromatic N) is 2. The van der Waals surface area contributed by atoms with E-state index in [2.05, 4.69) is 5.32 Å². The number of carbonyl (C=O) groups excluding carboxylic acids is 2. The van der Waals surface area contributed by atoms with Crippen LogP contribution in [0.1, 0.15) is 33.6 Å². The van der Waals surface area contributed by atoms with Crippen LogP contribution in [0.4, 0.5) is 5.69 Å². The highest BCUT2D eigenvalue weighted by Crippen LogP contribution is 2.30. The molecular weight excluding hydrogens is 302 g/mol. The largest absolute Gasteiger partial charge is 0.371 e. The van der Waals surface area contributed by atoms with E-state index in [0.29, 0.717) is 25.9 Å². The fraction of sp³-hybridized carbons (Fsp3) is 0.579. The van der Waals surface area contributed by atoms with Gasteiger partial charge in [0.1, 0.15) is 5.54 Å². The Kier molecular flexibility index (Phi) is 5.21. The van der Waals surface area contributed by atoms with E-state index >= 15 is 0 Å². The number of hydrogen-bond acceptors (Lipinski definition) is 3. The average molecular weight is 331 g/mol. The summed E-state index contributed by atoms with van der Waals surface area (Å²) in [6.07, 6.45) is 1.22. The van der Waals surface area contributed by atoms with E-state index in [0.717, 1.165) is 5.69 Å². The summed E-state index contributed by atoms with van der Waals surface area (Å²) in [4.78, 5) is 28.9. The highest BCUT2D eigenvalue weighted by molar-refractivity contribution is 5.90. The van der Waals surface area contributed by atoms with Gasteiger partial charge in [0, 0.05) is 38.3 Å². The molecule has 1 saturated heterocycles. The maximum Gasteiger partial charge on any atom is 0.247 e. The molecule has 1 N–H and O–H groups in total. The molecule has 0 aromatic heterocycles. The number of anilines is 1. The molecule has 1 aromatic rings. The first-order chi connectivity index (χ1) is 11.2. The minimum absolute atomic E-state index is 0.0641. The number of piperidine rings is 1. The van der Waals surface area contributed by atoms with Crippen LogP contribution in [-0.2, 0) is 9.59 Å². The van der Waals surface area contributed by atoms with Gasteiger partial charge in [0.2, 0.25) is 11.8 Å². The number of hydrogen-bond donors (Lipinski definition) is 1. The molecule has 24 heavy (non-hydrogen) atoms. The molecule has 0 atom stereocenters. The molecule has 132 valence electrons. The molecule has 0 bridgehead atoms. The lowest BCUT2D eigenvalue weighted by molar-refractivity contribution is -0.144. The molecule has 0 radical (unpaired) electrons. The Morgan fingerprint density at radius 3 is 2.08 bits per heavy atom. The van der Waals surface area contributed by atoms with Crippen molar-refractivity contribution in [1.29, 1.82) is 0 Å². The zero-order chi connectivity index (χ0) is 18.0. The number of amides is 2. The van der Waals surface area contributed by atoms with Gasteiger partial charge in [-0.3, -0.25) is 9.59 Å². The molecule has 1 heterocycles. The van der Waals surface area contributed by atoms with Gasteiger partial charge in [-0.15, -0.1) is 0 Å². The van der Waals surface area contributed by atoms with Crippen LogP contribution in [0.25, 0.3) is 0 Å². The van der Waals surface area contributed by atoms with E-state index in [1.165, 1.54) is 0 Å². The molecule has 1 aliphatic heterocycles. The maximum absolute atomic E-state index is 12.9. The number of nitrogens with one attached hydrogen (secondary N) is 1. The second-order valence-corrected chi connectivity index (χ2v) is 7.81. The fourth-order valence-electron chi connectivity index (χ4n) is 3.18. The Bertz CT molecular complexity index is 582. The van der Waals surface area contributed by atoms with Crippen molar-refractivity contribution in [3.8, 4) is 0 Å². The SMILES string of the molecule is CN(C)C(=O)C1(Nc2ccccc2)CCN(C(=O)C(C)(C)C)CC1. The lowest BCUT2D eigenvalue weighted by atomic mass is 9.84. The van der Waals surface area contributed by atoms with Crippen LogP contribution in [0.3, 0.4) is 0 Å². The molecule has 0 aliphatic carbocycles. The molecule has 5 nitrogen and oxygen atoms in total. The molecule has 2 amide bonds. The first-order valence-corrected chi connectivity index (χ1v) is 8.50. The Hall–Kier alpha value is -2.04. The lowest BCUT2D eigenvalue weighted by Crippen LogP contribution is -2.59. The van der Waals surface area contributed by atoms with Crippen molar-refractivity contribution in [2.75, 3.05) is 32.5 Å². The van der Waals surface area contributed by atoms with Gasteiger partial charge >= 0.3 is 0 Å². The Balaban J connectivity index is 2.19. The predicted octanol–water partition coefficient (Wildman–Crippen LogP) is 2.59. The molecule has 1 aliphatic rings. The van der Waals surface area contributed by atoms with Gasteiger partial charge < -0.3 is 15.1 Å². The number of rotatable bonds is 3. The molecule has 5 heteroatoms. The van der Waals surface area contributed by atoms with Crippen LogP contribution >= 0.6 is 0 Å². The Labute approximate surface area is 145 Å². The number of para-hydroxylation sites is 1. The van der Waals surface area contributed by atoms with E-state index in [1.807, 2.05) is 56.0 Å². The van der Waals surface area contributed by atoms with Crippen LogP contribution in [-0.4, -0.2) is 54.3 Å². The van der Waals surface area contributed by atoms with Crippen molar-refractivity contribution >= 4 is 17.5 Å². The predicted molar refractivity (Wildman–Crippen MR) is 96.8 cm³/mol. The third-order valence-electron chi connectivity index (χ3n) is 4.52. The lowest BCUT2D eigenvalue weighted by Gasteiger charge is -2.44. The highest BCUT2D eigenvalue weighted by Gasteiger charge is 2.44. The molecule has 0 unspecified atom stereocenters. The zero-order valence-electron chi connectivity index (χ0n) is 15.4. The zero-order valence-corrected chi connectivity index (χ0v) is 15.4. The Morgan fingerprint density at radius 1 is 1.08 bits per heavy atom. The minimum Gasteiger partial charge on any atom is -0.371 e. The second kappa shape index (κ2) is 6.83. The van der Waals surface area contributed by atoms with Crippen molar-refractivity contribution in [3.63, 3.8) is 0 Å². The number of likely N-dealkylation sites (N-methyl/N-ethyl adjacent to an activating group) is 1. The third kappa shape index (κ3) is 3.89. The van der Waals surface area contributed by atoms with Gasteiger partial charge in [-0.25, -0.2) is 0 Å². The van der Waals surface area contributed by atoms with Crippen LogP contribution in [0.15, 0.2) is 30.3 Å². The van der Waals surface area contributed by atoms with Gasteiger partial charge in [0.05, 0.1) is 0 Å². The number of benzene rings is 1. The van der Waals surface area contributed by atoms with Crippen molar-refractivity contribution in [2.45, 2.75) is 39.2 Å². The van der Waals surface area contributed by atoms with Gasteiger partial charge in [0.25, 0.3) is 0 Å². The van der Waals surface area contributed by atoms with Crippen molar-refractivity contribution < 1.29 is 9.59 Å². The summed E-state index contributed by atoms with van der Waals surface area (Å²) in [7, 11) is 3.56. The van der Waals surface area contributed by atoms with Gasteiger partial charge in [-0.2, -0.15) is 0 Å². The average Bonchev–Trinajstić information content (AvgIpc) is 2.54. The van der Waals surface area contributed by atoms with E-state index in [-0.39, 0.29) is 11.8 Å². The summed E-state index contributed by atoms with van der Waals surface area (Å²) in [6, 6.07) is 9.80. The molecule has 1 aromatic carbocycles. The summed E-state index contributed by atoms with van der Waals surface area (Å²) >= 11 is 0. The molecule has 0 saturated carbocycles. The smallest absolute Gasteiger partial charge is 0.247 e. The summed E-state index contributed by atoms with van der Waals surface area (Å²) in [5.74, 6) is 0.210. The van der Waals surface area contributed by atoms with Crippen LogP contribution < -0.4 is 5.32 Å². The van der Waals surface area contributed by atoms with Crippen LogP contribution in [0.2, 0.25) is 0 Å². The van der Waals surface area contributed by atoms with Gasteiger partial charge in [-0.05, 0) is 25.0 Å². The summed E-state index contributed by atoms with van der Waals surface area (Å²) in [6.45, 7) is 6.99. The standard InChI is InChI=1S/C19H29N3O2/c1-18(2,3)16(23)22-13-11-19(12-14-22,17(24)21(4)5)20-15-9-7-6-8-10-15/h6-10,20H,11-14H2,1-5H3. The Morgan fingerprint density at radius 2 is 1.62 bits per heavy atom. The van der Waals surface area contributed by atoms with Crippen molar-refractivity contribution in [3.05, 3.63) is 30.3 Å². The molecular formula is C19H29N3O2. The minimum atomic E-state index is -0.653. The van der Waals surface area contributed by atoms with Crippen LogP contribution in [0.5, 0.6) is 0 Å². The van der Waals surface area contributed by atoms with Crippen molar-refractivity contribution in [2.24, 2.45) is 5.41 Å². The highest BCUT2D eigenvalue weighted by atomic mass is 16.2. The normalized spacial score (nSPS) is 17.3. The first-order valence-electron chi connectivity index (χ1n) is 8.50. The molecule has 1 fully saturated rings. The fourth-order valence-corrected chi connectivity index (χ4v) is 3.18. The van der Waals surface area contributed by atoms with Crippen LogP contribution in [0, 0.1) is 5.41 Å². The first kappa shape index (κ1) is 18.3. The van der Waals surface area contributed by atoms with E-state index in [1.54, 1.807) is 19.0 Å². The maximum atomic E-state index is 12.9. The molecule has 0 spiro atoms.